The molecule has 0 radical (unpaired) electrons. The molecule has 14 rings (SSSR count). The highest BCUT2D eigenvalue weighted by molar-refractivity contribution is 6.13. The monoisotopic (exact) mass is 978 g/mol. The zero-order valence-corrected chi connectivity index (χ0v) is 46.1. The van der Waals surface area contributed by atoms with Gasteiger partial charge in [-0.3, -0.25) is 0 Å². The predicted molar refractivity (Wildman–Crippen MR) is 318 cm³/mol. The molecule has 0 spiro atoms. The zero-order valence-electron chi connectivity index (χ0n) is 46.1. The van der Waals surface area contributed by atoms with Crippen LogP contribution in [0, 0.1) is 5.41 Å². The lowest BCUT2D eigenvalue weighted by Crippen LogP contribution is -2.40. The number of benzene rings is 7. The summed E-state index contributed by atoms with van der Waals surface area (Å²) in [6.45, 7) is 28.7. The molecule has 0 saturated carbocycles. The molecule has 2 aliphatic carbocycles. The Labute approximate surface area is 444 Å². The highest BCUT2D eigenvalue weighted by atomic mass is 15.2. The minimum Gasteiger partial charge on any atom is -0.333 e. The van der Waals surface area contributed by atoms with Crippen molar-refractivity contribution in [3.05, 3.63) is 237 Å². The average Bonchev–Trinajstić information content (AvgIpc) is 4.23. The zero-order chi connectivity index (χ0) is 51.8. The summed E-state index contributed by atoms with van der Waals surface area (Å²) in [5.41, 5.74) is 24.9. The molecule has 4 atom stereocenters. The van der Waals surface area contributed by atoms with Crippen molar-refractivity contribution in [1.29, 1.82) is 0 Å². The molecule has 3 heteroatoms. The van der Waals surface area contributed by atoms with E-state index in [2.05, 4.69) is 267 Å². The van der Waals surface area contributed by atoms with Crippen molar-refractivity contribution in [3.8, 4) is 0 Å². The Balaban J connectivity index is 1.13. The normalized spacial score (nSPS) is 20.1. The number of allylic oxidation sites excluding steroid dienone is 5. The summed E-state index contributed by atoms with van der Waals surface area (Å²) in [4.78, 5) is 2.84. The van der Waals surface area contributed by atoms with E-state index in [1.165, 1.54) is 116 Å². The van der Waals surface area contributed by atoms with Gasteiger partial charge in [-0.2, -0.15) is 0 Å². The number of hydrogen-bond acceptors (Lipinski definition) is 1. The van der Waals surface area contributed by atoms with Crippen LogP contribution in [0.1, 0.15) is 163 Å². The number of fused-ring (bicyclic) bond motifs is 13. The summed E-state index contributed by atoms with van der Waals surface area (Å²) >= 11 is 0. The second-order valence-electron chi connectivity index (χ2n) is 26.9. The molecule has 0 bridgehead atoms. The van der Waals surface area contributed by atoms with Gasteiger partial charge in [0.15, 0.2) is 0 Å². The quantitative estimate of drug-likeness (QED) is 0.160. The Bertz CT molecular complexity index is 3980. The van der Waals surface area contributed by atoms with Gasteiger partial charge >= 0.3 is 0 Å². The van der Waals surface area contributed by atoms with Gasteiger partial charge in [-0.1, -0.05) is 223 Å². The van der Waals surface area contributed by atoms with Crippen molar-refractivity contribution in [1.82, 2.24) is 9.13 Å². The second kappa shape index (κ2) is 15.7. The Morgan fingerprint density at radius 2 is 1.12 bits per heavy atom. The Morgan fingerprint density at radius 1 is 0.507 bits per heavy atom. The van der Waals surface area contributed by atoms with Gasteiger partial charge in [0, 0.05) is 68.3 Å². The minimum absolute atomic E-state index is 0.00481. The summed E-state index contributed by atoms with van der Waals surface area (Å²) in [5, 5.41) is 5.36. The molecule has 5 aliphatic rings. The van der Waals surface area contributed by atoms with E-state index in [0.717, 1.165) is 6.42 Å². The first-order valence-corrected chi connectivity index (χ1v) is 27.8. The third-order valence-corrected chi connectivity index (χ3v) is 18.1. The van der Waals surface area contributed by atoms with Gasteiger partial charge in [-0.05, 0) is 113 Å². The summed E-state index contributed by atoms with van der Waals surface area (Å²) < 4.78 is 5.56. The third kappa shape index (κ3) is 6.78. The lowest BCUT2D eigenvalue weighted by atomic mass is 9.69. The molecule has 75 heavy (non-hydrogen) atoms. The van der Waals surface area contributed by atoms with Gasteiger partial charge in [0.05, 0.1) is 28.6 Å². The van der Waals surface area contributed by atoms with E-state index in [1.807, 2.05) is 0 Å². The first-order valence-electron chi connectivity index (χ1n) is 27.8. The van der Waals surface area contributed by atoms with Crippen LogP contribution in [0.3, 0.4) is 0 Å². The topological polar surface area (TPSA) is 13.1 Å². The highest BCUT2D eigenvalue weighted by Crippen LogP contribution is 2.64. The van der Waals surface area contributed by atoms with E-state index in [0.29, 0.717) is 0 Å². The molecule has 2 aromatic heterocycles. The van der Waals surface area contributed by atoms with Crippen LogP contribution in [-0.4, -0.2) is 15.2 Å². The maximum Gasteiger partial charge on any atom is 0.0639 e. The predicted octanol–water partition coefficient (Wildman–Crippen LogP) is 18.7. The van der Waals surface area contributed by atoms with Crippen molar-refractivity contribution >= 4 is 55.0 Å². The summed E-state index contributed by atoms with van der Waals surface area (Å²) in [6, 6.07) is 56.9. The van der Waals surface area contributed by atoms with E-state index >= 15 is 0 Å². The van der Waals surface area contributed by atoms with Crippen molar-refractivity contribution in [2.75, 3.05) is 4.90 Å². The summed E-state index contributed by atoms with van der Waals surface area (Å²) in [5.74, 6) is 0.339. The van der Waals surface area contributed by atoms with E-state index < -0.39 is 0 Å². The molecule has 5 heterocycles. The number of aromatic nitrogens is 2. The van der Waals surface area contributed by atoms with Crippen molar-refractivity contribution in [2.45, 2.75) is 136 Å². The van der Waals surface area contributed by atoms with Crippen LogP contribution in [0.2, 0.25) is 0 Å². The second-order valence-corrected chi connectivity index (χ2v) is 26.9. The molecule has 9 aromatic rings. The van der Waals surface area contributed by atoms with Crippen LogP contribution in [0.5, 0.6) is 0 Å². The summed E-state index contributed by atoms with van der Waals surface area (Å²) in [6.07, 6.45) is 11.2. The van der Waals surface area contributed by atoms with E-state index in [4.69, 9.17) is 0 Å². The Kier molecular flexibility index (Phi) is 9.74. The fraction of sp³-hybridized carbons (Fsp3) is 0.306. The average molecular weight is 978 g/mol. The van der Waals surface area contributed by atoms with Crippen LogP contribution in [0.25, 0.3) is 49.3 Å². The van der Waals surface area contributed by atoms with Gasteiger partial charge in [-0.15, -0.1) is 0 Å². The van der Waals surface area contributed by atoms with Gasteiger partial charge in [0.1, 0.15) is 0 Å². The van der Waals surface area contributed by atoms with Gasteiger partial charge in [-0.25, -0.2) is 0 Å². The Hall–Kier alpha value is -7.10. The SMILES string of the molecule is CC(C)(C)C1=CC2c3cc(C(C)(C)C)cc4c3N(C3=C5C4c4cc(C(C)(C)C)cc6c7cc(C(C)(C)C)ccc7n(c46)C5CC(n4c5ccccc5c5cccc(C(c6ccccc6)c6ccccc6)c54)=C3)C2C=C1. The molecular weight excluding hydrogens is 907 g/mol. The summed E-state index contributed by atoms with van der Waals surface area (Å²) in [7, 11) is 0. The molecule has 4 unspecified atom stereocenters. The van der Waals surface area contributed by atoms with Crippen LogP contribution in [0.15, 0.2) is 187 Å². The fourth-order valence-corrected chi connectivity index (χ4v) is 14.3. The van der Waals surface area contributed by atoms with E-state index in [1.54, 1.807) is 5.57 Å². The molecule has 0 amide bonds. The van der Waals surface area contributed by atoms with Gasteiger partial charge in [0.2, 0.25) is 0 Å². The maximum absolute atomic E-state index is 2.84. The van der Waals surface area contributed by atoms with Crippen molar-refractivity contribution in [3.63, 3.8) is 0 Å². The maximum atomic E-state index is 2.84. The van der Waals surface area contributed by atoms with Crippen molar-refractivity contribution in [2.24, 2.45) is 5.41 Å². The van der Waals surface area contributed by atoms with Gasteiger partial charge < -0.3 is 14.0 Å². The molecule has 3 nitrogen and oxygen atoms in total. The van der Waals surface area contributed by atoms with E-state index in [-0.39, 0.29) is 51.5 Å². The van der Waals surface area contributed by atoms with E-state index in [9.17, 15) is 0 Å². The number of anilines is 1. The van der Waals surface area contributed by atoms with Gasteiger partial charge in [0.25, 0.3) is 0 Å². The molecule has 0 saturated heterocycles. The molecule has 0 N–H and O–H groups in total. The third-order valence-electron chi connectivity index (χ3n) is 18.1. The molecular formula is C72H71N3. The van der Waals surface area contributed by atoms with Crippen LogP contribution < -0.4 is 4.90 Å². The first-order chi connectivity index (χ1) is 35.8. The Morgan fingerprint density at radius 3 is 1.80 bits per heavy atom. The molecule has 0 fully saturated rings. The minimum atomic E-state index is -0.0517. The lowest BCUT2D eigenvalue weighted by Gasteiger charge is -2.47. The van der Waals surface area contributed by atoms with Crippen molar-refractivity contribution < 1.29 is 0 Å². The standard InChI is InChI=1S/C72H71N3/c1-69(2,3)44-30-32-59-52(34-44)54-36-46(71(7,8)9)38-56-64-57-39-47(72(10,11)12)37-55-53-35-45(70(4,5)6)31-33-60(53)75(68(55)57)62-41-48(40-61(65(62)64)74(59)67(54)56)73-58-29-20-19-26-49(58)50-27-21-28-51(66(50)73)63(42-22-15-13-16-23-42)43-24-17-14-18-25-43/h13-40,52,59,62-64H,41H2,1-12H3. The van der Waals surface area contributed by atoms with Crippen LogP contribution in [0.4, 0.5) is 5.69 Å². The molecule has 374 valence electrons. The molecule has 7 aromatic carbocycles. The lowest BCUT2D eigenvalue weighted by molar-refractivity contribution is 0.505. The number of hydrogen-bond donors (Lipinski definition) is 0. The fourth-order valence-electron chi connectivity index (χ4n) is 14.3. The number of para-hydroxylation sites is 2. The molecule has 3 aliphatic heterocycles. The smallest absolute Gasteiger partial charge is 0.0639 e. The van der Waals surface area contributed by atoms with Crippen LogP contribution in [-0.2, 0) is 16.2 Å². The first kappa shape index (κ1) is 46.4. The number of rotatable bonds is 4. The van der Waals surface area contributed by atoms with Crippen LogP contribution >= 0.6 is 0 Å². The number of nitrogens with zero attached hydrogens (tertiary/aromatic N) is 3. The largest absolute Gasteiger partial charge is 0.333 e. The highest BCUT2D eigenvalue weighted by Gasteiger charge is 2.52.